The first-order chi connectivity index (χ1) is 19.3. The van der Waals surface area contributed by atoms with Crippen LogP contribution in [0.4, 0.5) is 15.8 Å². The van der Waals surface area contributed by atoms with Gasteiger partial charge in [-0.2, -0.15) is 0 Å². The third-order valence-electron chi connectivity index (χ3n) is 6.86. The number of H-pyrrole nitrogens is 1. The molecule has 1 saturated heterocycles. The molecule has 40 heavy (non-hydrogen) atoms. The van der Waals surface area contributed by atoms with Crippen LogP contribution in [-0.4, -0.2) is 34.6 Å². The summed E-state index contributed by atoms with van der Waals surface area (Å²) in [5.41, 5.74) is 2.56. The lowest BCUT2D eigenvalue weighted by atomic mass is 9.82. The summed E-state index contributed by atoms with van der Waals surface area (Å²) in [5.74, 6) is -2.88. The van der Waals surface area contributed by atoms with Gasteiger partial charge in [0, 0.05) is 22.0 Å². The van der Waals surface area contributed by atoms with Gasteiger partial charge in [-0.05, 0) is 49.4 Å². The van der Waals surface area contributed by atoms with Crippen LogP contribution < -0.4 is 19.8 Å². The maximum atomic E-state index is 13.8. The van der Waals surface area contributed by atoms with Gasteiger partial charge in [-0.15, -0.1) is 0 Å². The van der Waals surface area contributed by atoms with Gasteiger partial charge in [-0.3, -0.25) is 19.2 Å². The molecule has 3 heterocycles. The van der Waals surface area contributed by atoms with E-state index in [1.807, 2.05) is 19.1 Å². The van der Waals surface area contributed by atoms with Crippen LogP contribution in [0.5, 0.6) is 5.75 Å². The lowest BCUT2D eigenvalue weighted by Crippen LogP contribution is -2.32. The van der Waals surface area contributed by atoms with E-state index in [-0.39, 0.29) is 23.1 Å². The van der Waals surface area contributed by atoms with Gasteiger partial charge in [-0.1, -0.05) is 59.0 Å². The second kappa shape index (κ2) is 10.4. The van der Waals surface area contributed by atoms with E-state index in [4.69, 9.17) is 4.74 Å². The Labute approximate surface area is 236 Å². The zero-order valence-electron chi connectivity index (χ0n) is 21.1. The monoisotopic (exact) mass is 575 g/mol. The van der Waals surface area contributed by atoms with Crippen LogP contribution in [0.25, 0.3) is 0 Å². The van der Waals surface area contributed by atoms with Crippen LogP contribution in [0.2, 0.25) is 0 Å². The molecule has 8 nitrogen and oxygen atoms in total. The number of aryl methyl sites for hydroxylation is 1. The predicted octanol–water partition coefficient (Wildman–Crippen LogP) is 4.70. The summed E-state index contributed by atoms with van der Waals surface area (Å²) >= 11 is 2.13. The van der Waals surface area contributed by atoms with E-state index in [2.05, 4.69) is 10.3 Å². The third-order valence-corrected chi connectivity index (χ3v) is 9.26. The zero-order chi connectivity index (χ0) is 28.0. The summed E-state index contributed by atoms with van der Waals surface area (Å²) in [4.78, 5) is 56.6. The number of aromatic nitrogens is 1. The molecule has 2 aliphatic heterocycles. The molecular weight excluding hydrogens is 553 g/mol. The number of rotatable bonds is 6. The van der Waals surface area contributed by atoms with Crippen LogP contribution in [0.3, 0.4) is 0 Å². The Hall–Kier alpha value is -4.22. The predicted molar refractivity (Wildman–Crippen MR) is 151 cm³/mol. The van der Waals surface area contributed by atoms with Crippen molar-refractivity contribution < 1.29 is 23.5 Å². The summed E-state index contributed by atoms with van der Waals surface area (Å²) in [6.07, 6.45) is 0. The van der Waals surface area contributed by atoms with E-state index in [1.165, 1.54) is 24.3 Å². The van der Waals surface area contributed by atoms with Crippen molar-refractivity contribution in [2.24, 2.45) is 5.92 Å². The van der Waals surface area contributed by atoms with Crippen LogP contribution in [-0.2, 0) is 14.4 Å². The van der Waals surface area contributed by atoms with E-state index < -0.39 is 34.7 Å². The minimum absolute atomic E-state index is 0.277. The first-order valence-electron chi connectivity index (χ1n) is 12.4. The fourth-order valence-corrected chi connectivity index (χ4v) is 7.55. The fraction of sp³-hybridized carbons (Fsp3) is 0.172. The van der Waals surface area contributed by atoms with Gasteiger partial charge in [0.25, 0.3) is 5.91 Å². The van der Waals surface area contributed by atoms with Crippen LogP contribution >= 0.6 is 23.1 Å². The number of nitrogens with one attached hydrogen (secondary N) is 2. The van der Waals surface area contributed by atoms with Crippen molar-refractivity contribution in [3.63, 3.8) is 0 Å². The van der Waals surface area contributed by atoms with Crippen LogP contribution in [0, 0.1) is 18.7 Å². The molecule has 1 aromatic heterocycles. The van der Waals surface area contributed by atoms with Crippen LogP contribution in [0.15, 0.2) is 82.6 Å². The van der Waals surface area contributed by atoms with Gasteiger partial charge in [0.05, 0.1) is 16.6 Å². The number of hydrogen-bond acceptors (Lipinski definition) is 7. The Morgan fingerprint density at radius 1 is 1.00 bits per heavy atom. The number of nitrogens with zero attached hydrogens (tertiary/aromatic N) is 1. The number of carbonyl (C=O) groups excluding carboxylic acids is 3. The minimum Gasteiger partial charge on any atom is -0.483 e. The van der Waals surface area contributed by atoms with Gasteiger partial charge in [0.1, 0.15) is 16.8 Å². The second-order valence-corrected chi connectivity index (χ2v) is 11.6. The van der Waals surface area contributed by atoms with Crippen LogP contribution in [0.1, 0.15) is 21.9 Å². The van der Waals surface area contributed by atoms with Crippen molar-refractivity contribution in [2.75, 3.05) is 16.8 Å². The summed E-state index contributed by atoms with van der Waals surface area (Å²) < 4.78 is 19.5. The van der Waals surface area contributed by atoms with Crippen molar-refractivity contribution in [2.45, 2.75) is 23.1 Å². The Morgan fingerprint density at radius 2 is 1.73 bits per heavy atom. The number of para-hydroxylation sites is 1. The molecule has 1 fully saturated rings. The number of hydrogen-bond donors (Lipinski definition) is 2. The van der Waals surface area contributed by atoms with E-state index in [0.717, 1.165) is 33.6 Å². The van der Waals surface area contributed by atoms with Crippen molar-refractivity contribution in [1.82, 2.24) is 4.98 Å². The van der Waals surface area contributed by atoms with Crippen molar-refractivity contribution in [1.29, 1.82) is 0 Å². The number of fused-ring (bicyclic) bond motifs is 2. The van der Waals surface area contributed by atoms with Crippen molar-refractivity contribution >= 4 is 52.2 Å². The SMILES string of the molecule is Cc1ccc(NC(=O)COc2ccccc2C2c3sc(=O)[nH]c3SC3C(=O)N(c4ccc(F)cc4)C(=O)C32)cc1. The van der Waals surface area contributed by atoms with Crippen molar-refractivity contribution in [3.8, 4) is 5.75 Å². The molecule has 4 aromatic rings. The molecule has 2 N–H and O–H groups in total. The molecule has 0 bridgehead atoms. The first-order valence-corrected chi connectivity index (χ1v) is 14.1. The molecular formula is C29H22FN3O5S2. The van der Waals surface area contributed by atoms with E-state index in [1.54, 1.807) is 36.4 Å². The Bertz CT molecular complexity index is 1680. The zero-order valence-corrected chi connectivity index (χ0v) is 22.7. The summed E-state index contributed by atoms with van der Waals surface area (Å²) in [6.45, 7) is 1.67. The lowest BCUT2D eigenvalue weighted by molar-refractivity contribution is -0.122. The largest absolute Gasteiger partial charge is 0.483 e. The molecule has 3 amide bonds. The number of thiazole rings is 1. The summed E-state index contributed by atoms with van der Waals surface area (Å²) in [6, 6.07) is 19.5. The second-order valence-electron chi connectivity index (χ2n) is 9.48. The molecule has 0 saturated carbocycles. The number of thioether (sulfide) groups is 1. The van der Waals surface area contributed by atoms with E-state index >= 15 is 0 Å². The molecule has 11 heteroatoms. The molecule has 0 radical (unpaired) electrons. The van der Waals surface area contributed by atoms with Gasteiger partial charge >= 0.3 is 4.87 Å². The highest BCUT2D eigenvalue weighted by Gasteiger charge is 2.56. The van der Waals surface area contributed by atoms with Gasteiger partial charge in [-0.25, -0.2) is 9.29 Å². The number of imide groups is 1. The number of benzene rings is 3. The smallest absolute Gasteiger partial charge is 0.305 e. The molecule has 2 aliphatic rings. The number of amides is 3. The maximum absolute atomic E-state index is 13.8. The number of carbonyl (C=O) groups is 3. The molecule has 3 unspecified atom stereocenters. The summed E-state index contributed by atoms with van der Waals surface area (Å²) in [7, 11) is 0. The fourth-order valence-electron chi connectivity index (χ4n) is 5.04. The number of ether oxygens (including phenoxy) is 1. The molecule has 3 aromatic carbocycles. The molecule has 0 aliphatic carbocycles. The van der Waals surface area contributed by atoms with Gasteiger partial charge in [0.15, 0.2) is 6.61 Å². The Kier molecular flexibility index (Phi) is 6.77. The average molecular weight is 576 g/mol. The molecule has 202 valence electrons. The number of halogens is 1. The highest BCUT2D eigenvalue weighted by Crippen LogP contribution is 2.54. The molecule has 3 atom stereocenters. The Morgan fingerprint density at radius 3 is 2.48 bits per heavy atom. The third kappa shape index (κ3) is 4.71. The quantitative estimate of drug-likeness (QED) is 0.323. The van der Waals surface area contributed by atoms with Gasteiger partial charge in [0.2, 0.25) is 11.8 Å². The summed E-state index contributed by atoms with van der Waals surface area (Å²) in [5, 5.41) is 2.51. The first kappa shape index (κ1) is 26.0. The molecule has 6 rings (SSSR count). The van der Waals surface area contributed by atoms with Crippen molar-refractivity contribution in [3.05, 3.63) is 104 Å². The van der Waals surface area contributed by atoms with E-state index in [0.29, 0.717) is 26.9 Å². The number of anilines is 2. The lowest BCUT2D eigenvalue weighted by Gasteiger charge is -2.30. The molecule has 0 spiro atoms. The maximum Gasteiger partial charge on any atom is 0.305 e. The van der Waals surface area contributed by atoms with Gasteiger partial charge < -0.3 is 15.0 Å². The standard InChI is InChI=1S/C29H22FN3O5S2/c1-15-6-10-17(11-7-15)31-21(34)14-38-20-5-3-2-4-19(20)22-23-25(39-26-24(22)40-29(37)32-26)28(36)33(27(23)35)18-12-8-16(30)9-13-18/h2-13,22-23,25H,14H2,1H3,(H,31,34)(H,32,37). The van der Waals surface area contributed by atoms with E-state index in [9.17, 15) is 23.6 Å². The normalized spacial score (nSPS) is 19.8. The topological polar surface area (TPSA) is 109 Å². The Balaban J connectivity index is 1.33. The number of aromatic amines is 1. The average Bonchev–Trinajstić information content (AvgIpc) is 3.44. The minimum atomic E-state index is -0.840. The highest BCUT2D eigenvalue weighted by atomic mass is 32.2. The highest BCUT2D eigenvalue weighted by molar-refractivity contribution is 8.00.